The first kappa shape index (κ1) is 11.0. The van der Waals surface area contributed by atoms with E-state index in [1.54, 1.807) is 13.2 Å². The SMILES string of the molecule is COc1cc(F)ccc1CC[C@@H](C)N. The van der Waals surface area contributed by atoms with Gasteiger partial charge < -0.3 is 10.5 Å². The molecule has 0 aromatic heterocycles. The fraction of sp³-hybridized carbons (Fsp3) is 0.455. The molecule has 0 bridgehead atoms. The van der Waals surface area contributed by atoms with Crippen LogP contribution in [-0.4, -0.2) is 13.2 Å². The smallest absolute Gasteiger partial charge is 0.126 e. The van der Waals surface area contributed by atoms with Crippen LogP contribution >= 0.6 is 0 Å². The van der Waals surface area contributed by atoms with Crippen molar-refractivity contribution in [3.63, 3.8) is 0 Å². The highest BCUT2D eigenvalue weighted by Crippen LogP contribution is 2.21. The van der Waals surface area contributed by atoms with Crippen LogP contribution in [0.2, 0.25) is 0 Å². The zero-order chi connectivity index (χ0) is 10.6. The summed E-state index contributed by atoms with van der Waals surface area (Å²) in [5, 5.41) is 0. The normalized spacial score (nSPS) is 12.6. The molecule has 0 radical (unpaired) electrons. The van der Waals surface area contributed by atoms with Gasteiger partial charge in [0, 0.05) is 12.1 Å². The van der Waals surface area contributed by atoms with Crippen molar-refractivity contribution in [3.05, 3.63) is 29.6 Å². The van der Waals surface area contributed by atoms with Gasteiger partial charge in [-0.3, -0.25) is 0 Å². The molecule has 2 N–H and O–H groups in total. The van der Waals surface area contributed by atoms with E-state index in [1.807, 2.05) is 6.92 Å². The first-order valence-electron chi connectivity index (χ1n) is 4.71. The number of hydrogen-bond donors (Lipinski definition) is 1. The van der Waals surface area contributed by atoms with E-state index in [0.717, 1.165) is 18.4 Å². The lowest BCUT2D eigenvalue weighted by Crippen LogP contribution is -2.15. The molecule has 1 aromatic carbocycles. The third-order valence-electron chi connectivity index (χ3n) is 2.12. The quantitative estimate of drug-likeness (QED) is 0.802. The summed E-state index contributed by atoms with van der Waals surface area (Å²) >= 11 is 0. The number of methoxy groups -OCH3 is 1. The molecule has 0 spiro atoms. The van der Waals surface area contributed by atoms with Gasteiger partial charge in [0.2, 0.25) is 0 Å². The lowest BCUT2D eigenvalue weighted by Gasteiger charge is -2.09. The summed E-state index contributed by atoms with van der Waals surface area (Å²) < 4.78 is 17.9. The van der Waals surface area contributed by atoms with E-state index in [4.69, 9.17) is 10.5 Å². The Morgan fingerprint density at radius 1 is 1.50 bits per heavy atom. The number of hydrogen-bond acceptors (Lipinski definition) is 2. The van der Waals surface area contributed by atoms with Crippen molar-refractivity contribution in [2.24, 2.45) is 5.73 Å². The van der Waals surface area contributed by atoms with E-state index in [0.29, 0.717) is 5.75 Å². The molecule has 1 atom stereocenters. The average Bonchev–Trinajstić information content (AvgIpc) is 2.15. The van der Waals surface area contributed by atoms with Crippen molar-refractivity contribution in [2.75, 3.05) is 7.11 Å². The second-order valence-corrected chi connectivity index (χ2v) is 3.47. The van der Waals surface area contributed by atoms with Gasteiger partial charge in [-0.05, 0) is 31.4 Å². The first-order chi connectivity index (χ1) is 6.63. The molecule has 0 saturated carbocycles. The number of halogens is 1. The fourth-order valence-electron chi connectivity index (χ4n) is 1.31. The van der Waals surface area contributed by atoms with E-state index in [9.17, 15) is 4.39 Å². The molecule has 78 valence electrons. The molecule has 0 heterocycles. The van der Waals surface area contributed by atoms with Crippen molar-refractivity contribution in [1.82, 2.24) is 0 Å². The monoisotopic (exact) mass is 197 g/mol. The highest BCUT2D eigenvalue weighted by atomic mass is 19.1. The Kier molecular flexibility index (Phi) is 3.89. The zero-order valence-electron chi connectivity index (χ0n) is 8.59. The van der Waals surface area contributed by atoms with Gasteiger partial charge >= 0.3 is 0 Å². The van der Waals surface area contributed by atoms with Crippen LogP contribution in [0.5, 0.6) is 5.75 Å². The maximum absolute atomic E-state index is 12.8. The molecular formula is C11H16FNO. The zero-order valence-corrected chi connectivity index (χ0v) is 8.59. The molecule has 0 saturated heterocycles. The number of ether oxygens (including phenoxy) is 1. The average molecular weight is 197 g/mol. The fourth-order valence-corrected chi connectivity index (χ4v) is 1.31. The lowest BCUT2D eigenvalue weighted by atomic mass is 10.1. The van der Waals surface area contributed by atoms with Crippen LogP contribution in [0.3, 0.4) is 0 Å². The van der Waals surface area contributed by atoms with Crippen LogP contribution < -0.4 is 10.5 Å². The minimum absolute atomic E-state index is 0.157. The Morgan fingerprint density at radius 2 is 2.21 bits per heavy atom. The van der Waals surface area contributed by atoms with E-state index < -0.39 is 0 Å². The number of aryl methyl sites for hydroxylation is 1. The molecule has 3 heteroatoms. The molecule has 0 fully saturated rings. The molecule has 0 aliphatic rings. The summed E-state index contributed by atoms with van der Waals surface area (Å²) in [6.45, 7) is 1.95. The molecular weight excluding hydrogens is 181 g/mol. The van der Waals surface area contributed by atoms with Crippen LogP contribution in [0.1, 0.15) is 18.9 Å². The summed E-state index contributed by atoms with van der Waals surface area (Å²) in [4.78, 5) is 0. The maximum atomic E-state index is 12.8. The highest BCUT2D eigenvalue weighted by molar-refractivity contribution is 5.34. The van der Waals surface area contributed by atoms with Crippen molar-refractivity contribution in [2.45, 2.75) is 25.8 Å². The van der Waals surface area contributed by atoms with Crippen LogP contribution in [-0.2, 0) is 6.42 Å². The summed E-state index contributed by atoms with van der Waals surface area (Å²) in [6, 6.07) is 4.75. The standard InChI is InChI=1S/C11H16FNO/c1-8(13)3-4-9-5-6-10(12)7-11(9)14-2/h5-8H,3-4,13H2,1-2H3/t8-/m1/s1. The van der Waals surface area contributed by atoms with Crippen molar-refractivity contribution < 1.29 is 9.13 Å². The minimum atomic E-state index is -0.272. The van der Waals surface area contributed by atoms with Crippen molar-refractivity contribution in [1.29, 1.82) is 0 Å². The van der Waals surface area contributed by atoms with E-state index in [-0.39, 0.29) is 11.9 Å². The van der Waals surface area contributed by atoms with Crippen LogP contribution in [0, 0.1) is 5.82 Å². The number of rotatable bonds is 4. The van der Waals surface area contributed by atoms with Crippen molar-refractivity contribution in [3.8, 4) is 5.75 Å². The number of nitrogens with two attached hydrogens (primary N) is 1. The molecule has 0 aliphatic carbocycles. The second kappa shape index (κ2) is 4.96. The summed E-state index contributed by atoms with van der Waals surface area (Å²) in [7, 11) is 1.55. The Labute approximate surface area is 83.9 Å². The Bertz CT molecular complexity index is 299. The molecule has 0 unspecified atom stereocenters. The molecule has 0 aliphatic heterocycles. The summed E-state index contributed by atoms with van der Waals surface area (Å²) in [5.41, 5.74) is 6.65. The van der Waals surface area contributed by atoms with Gasteiger partial charge in [-0.25, -0.2) is 4.39 Å². The third kappa shape index (κ3) is 3.00. The Balaban J connectivity index is 2.75. The Hall–Kier alpha value is -1.09. The van der Waals surface area contributed by atoms with Gasteiger partial charge in [0.1, 0.15) is 11.6 Å². The van der Waals surface area contributed by atoms with Gasteiger partial charge in [0.05, 0.1) is 7.11 Å². The van der Waals surface area contributed by atoms with Gasteiger partial charge in [-0.2, -0.15) is 0 Å². The van der Waals surface area contributed by atoms with Crippen molar-refractivity contribution >= 4 is 0 Å². The highest BCUT2D eigenvalue weighted by Gasteiger charge is 2.05. The molecule has 1 aromatic rings. The molecule has 1 rings (SSSR count). The molecule has 14 heavy (non-hydrogen) atoms. The predicted molar refractivity (Wildman–Crippen MR) is 54.9 cm³/mol. The van der Waals surface area contributed by atoms with Gasteiger partial charge in [0.15, 0.2) is 0 Å². The largest absolute Gasteiger partial charge is 0.496 e. The second-order valence-electron chi connectivity index (χ2n) is 3.47. The van der Waals surface area contributed by atoms with Crippen LogP contribution in [0.15, 0.2) is 18.2 Å². The first-order valence-corrected chi connectivity index (χ1v) is 4.71. The minimum Gasteiger partial charge on any atom is -0.496 e. The van der Waals surface area contributed by atoms with Crippen LogP contribution in [0.4, 0.5) is 4.39 Å². The van der Waals surface area contributed by atoms with E-state index >= 15 is 0 Å². The Morgan fingerprint density at radius 3 is 2.79 bits per heavy atom. The van der Waals surface area contributed by atoms with Gasteiger partial charge in [0.25, 0.3) is 0 Å². The predicted octanol–water partition coefficient (Wildman–Crippen LogP) is 2.11. The molecule has 2 nitrogen and oxygen atoms in total. The van der Waals surface area contributed by atoms with E-state index in [1.165, 1.54) is 12.1 Å². The van der Waals surface area contributed by atoms with E-state index in [2.05, 4.69) is 0 Å². The topological polar surface area (TPSA) is 35.2 Å². The third-order valence-corrected chi connectivity index (χ3v) is 2.12. The maximum Gasteiger partial charge on any atom is 0.126 e. The summed E-state index contributed by atoms with van der Waals surface area (Å²) in [5.74, 6) is 0.331. The summed E-state index contributed by atoms with van der Waals surface area (Å²) in [6.07, 6.45) is 1.70. The van der Waals surface area contributed by atoms with Gasteiger partial charge in [-0.1, -0.05) is 6.07 Å². The van der Waals surface area contributed by atoms with Crippen LogP contribution in [0.25, 0.3) is 0 Å². The molecule has 0 amide bonds. The number of benzene rings is 1. The lowest BCUT2D eigenvalue weighted by molar-refractivity contribution is 0.405. The van der Waals surface area contributed by atoms with Gasteiger partial charge in [-0.15, -0.1) is 0 Å².